The van der Waals surface area contributed by atoms with Crippen molar-refractivity contribution in [1.82, 2.24) is 19.9 Å². The Hall–Kier alpha value is -1.81. The van der Waals surface area contributed by atoms with Crippen LogP contribution in [0.5, 0.6) is 0 Å². The van der Waals surface area contributed by atoms with Crippen molar-refractivity contribution in [3.05, 3.63) is 12.2 Å². The minimum atomic E-state index is -1.19. The summed E-state index contributed by atoms with van der Waals surface area (Å²) in [5, 5.41) is 28.6. The molecule has 1 fully saturated rings. The maximum Gasteiger partial charge on any atom is 0.183 e. The Balaban J connectivity index is 1.99. The first-order valence-corrected chi connectivity index (χ1v) is 5.70. The number of aliphatic hydroxyl groups excluding tert-OH is 3. The molecule has 0 unspecified atom stereocenters. The van der Waals surface area contributed by atoms with Crippen molar-refractivity contribution in [2.24, 2.45) is 0 Å². The minimum Gasteiger partial charge on any atom is -0.394 e. The molecule has 6 N–H and O–H groups in total. The fourth-order valence-corrected chi connectivity index (χ4v) is 2.12. The lowest BCUT2D eigenvalue weighted by Gasteiger charge is -2.11. The van der Waals surface area contributed by atoms with Crippen LogP contribution in [0.1, 0.15) is 11.9 Å². The molecule has 19 heavy (non-hydrogen) atoms. The molecule has 0 saturated carbocycles. The summed E-state index contributed by atoms with van der Waals surface area (Å²) in [5.74, 6) is 0.514. The molecule has 9 nitrogen and oxygen atoms in total. The van der Waals surface area contributed by atoms with Crippen molar-refractivity contribution in [1.29, 1.82) is 0 Å². The normalized spacial score (nSPS) is 31.1. The number of rotatable bonds is 2. The number of H-pyrrole nitrogens is 1. The number of anilines is 1. The second kappa shape index (κ2) is 4.38. The third-order valence-corrected chi connectivity index (χ3v) is 3.15. The summed E-state index contributed by atoms with van der Waals surface area (Å²) in [4.78, 5) is 14.8. The molecule has 9 heteroatoms. The smallest absolute Gasteiger partial charge is 0.183 e. The molecule has 1 aliphatic rings. The number of nitrogen functional groups attached to an aromatic ring is 1. The second-order valence-corrected chi connectivity index (χ2v) is 4.34. The van der Waals surface area contributed by atoms with Gasteiger partial charge in [0, 0.05) is 0 Å². The molecule has 102 valence electrons. The maximum atomic E-state index is 9.89. The van der Waals surface area contributed by atoms with Crippen molar-refractivity contribution in [2.45, 2.75) is 24.4 Å². The molecule has 0 bridgehead atoms. The standard InChI is InChI=1S/C10H13N5O4/c11-8-4-9(13-2-12-8)15-10(14-4)7-6(18)5(17)3(1-16)19-7/h2-3,5-7,16-18H,1H2,(H3,11,12,13,14,15)/t3-,5+,6+,7+/m0/s1. The van der Waals surface area contributed by atoms with Gasteiger partial charge in [-0.2, -0.15) is 0 Å². The van der Waals surface area contributed by atoms with Crippen LogP contribution in [0.2, 0.25) is 0 Å². The van der Waals surface area contributed by atoms with Crippen LogP contribution in [0.3, 0.4) is 0 Å². The number of aliphatic hydroxyl groups is 3. The van der Waals surface area contributed by atoms with Gasteiger partial charge >= 0.3 is 0 Å². The fourth-order valence-electron chi connectivity index (χ4n) is 2.12. The first kappa shape index (κ1) is 12.2. The van der Waals surface area contributed by atoms with Crippen LogP contribution in [0.15, 0.2) is 6.33 Å². The number of nitrogens with two attached hydrogens (primary N) is 1. The number of hydrogen-bond acceptors (Lipinski definition) is 8. The highest BCUT2D eigenvalue weighted by molar-refractivity contribution is 5.81. The zero-order chi connectivity index (χ0) is 13.6. The Morgan fingerprint density at radius 1 is 1.32 bits per heavy atom. The lowest BCUT2D eigenvalue weighted by Crippen LogP contribution is -2.32. The van der Waals surface area contributed by atoms with E-state index in [9.17, 15) is 10.2 Å². The summed E-state index contributed by atoms with van der Waals surface area (Å²) in [7, 11) is 0. The number of hydrogen-bond donors (Lipinski definition) is 5. The Bertz CT molecular complexity index is 603. The number of fused-ring (bicyclic) bond motifs is 1. The number of aromatic nitrogens is 4. The van der Waals surface area contributed by atoms with Gasteiger partial charge in [0.15, 0.2) is 11.5 Å². The Morgan fingerprint density at radius 3 is 2.74 bits per heavy atom. The van der Waals surface area contributed by atoms with E-state index in [2.05, 4.69) is 19.9 Å². The summed E-state index contributed by atoms with van der Waals surface area (Å²) in [6.45, 7) is -0.392. The molecule has 0 amide bonds. The van der Waals surface area contributed by atoms with Gasteiger partial charge < -0.3 is 30.8 Å². The molecule has 2 aromatic rings. The van der Waals surface area contributed by atoms with E-state index in [4.69, 9.17) is 15.6 Å². The molecule has 3 heterocycles. The zero-order valence-electron chi connectivity index (χ0n) is 9.76. The van der Waals surface area contributed by atoms with Gasteiger partial charge in [-0.1, -0.05) is 0 Å². The molecule has 0 spiro atoms. The number of ether oxygens (including phenoxy) is 1. The molecular weight excluding hydrogens is 254 g/mol. The van der Waals surface area contributed by atoms with Crippen LogP contribution in [-0.2, 0) is 4.74 Å². The Labute approximate surface area is 107 Å². The summed E-state index contributed by atoms with van der Waals surface area (Å²) in [5.41, 5.74) is 6.46. The highest BCUT2D eigenvalue weighted by atomic mass is 16.6. The number of aromatic amines is 1. The lowest BCUT2D eigenvalue weighted by molar-refractivity contribution is -0.0249. The van der Waals surface area contributed by atoms with Gasteiger partial charge in [0.05, 0.1) is 6.61 Å². The monoisotopic (exact) mass is 267 g/mol. The zero-order valence-corrected chi connectivity index (χ0v) is 9.76. The Kier molecular flexibility index (Phi) is 2.82. The largest absolute Gasteiger partial charge is 0.394 e. The molecule has 2 aromatic heterocycles. The highest BCUT2D eigenvalue weighted by Crippen LogP contribution is 2.32. The predicted octanol–water partition coefficient (Wildman–Crippen LogP) is -1.91. The summed E-state index contributed by atoms with van der Waals surface area (Å²) in [6.07, 6.45) is -2.81. The average molecular weight is 267 g/mol. The summed E-state index contributed by atoms with van der Waals surface area (Å²) < 4.78 is 5.36. The first-order valence-electron chi connectivity index (χ1n) is 5.70. The van der Waals surface area contributed by atoms with Crippen molar-refractivity contribution in [3.63, 3.8) is 0 Å². The molecule has 0 aliphatic carbocycles. The molecule has 3 rings (SSSR count). The third kappa shape index (κ3) is 1.83. The average Bonchev–Trinajstić information content (AvgIpc) is 2.94. The van der Waals surface area contributed by atoms with Crippen LogP contribution in [0.4, 0.5) is 5.82 Å². The van der Waals surface area contributed by atoms with E-state index < -0.39 is 31.0 Å². The van der Waals surface area contributed by atoms with E-state index >= 15 is 0 Å². The molecule has 4 atom stereocenters. The van der Waals surface area contributed by atoms with Crippen molar-refractivity contribution in [3.8, 4) is 0 Å². The van der Waals surface area contributed by atoms with E-state index in [-0.39, 0.29) is 11.6 Å². The SMILES string of the molecule is Nc1ncnc2nc([C@@H]3O[C@@H](CO)[C@@H](O)[C@H]3O)[nH]c12. The molecular formula is C10H13N5O4. The van der Waals surface area contributed by atoms with Gasteiger partial charge in [0.1, 0.15) is 42.1 Å². The predicted molar refractivity (Wildman–Crippen MR) is 62.8 cm³/mol. The molecule has 0 aromatic carbocycles. The van der Waals surface area contributed by atoms with Gasteiger partial charge in [0.2, 0.25) is 0 Å². The van der Waals surface area contributed by atoms with E-state index in [1.54, 1.807) is 0 Å². The fraction of sp³-hybridized carbons (Fsp3) is 0.500. The topological polar surface area (TPSA) is 150 Å². The van der Waals surface area contributed by atoms with E-state index in [0.29, 0.717) is 11.2 Å². The van der Waals surface area contributed by atoms with Crippen LogP contribution in [-0.4, -0.2) is 60.2 Å². The number of nitrogens with zero attached hydrogens (tertiary/aromatic N) is 3. The van der Waals surface area contributed by atoms with Crippen LogP contribution in [0.25, 0.3) is 11.2 Å². The van der Waals surface area contributed by atoms with E-state index in [0.717, 1.165) is 0 Å². The second-order valence-electron chi connectivity index (χ2n) is 4.34. The number of nitrogens with one attached hydrogen (secondary N) is 1. The van der Waals surface area contributed by atoms with E-state index in [1.165, 1.54) is 6.33 Å². The Morgan fingerprint density at radius 2 is 2.11 bits per heavy atom. The first-order chi connectivity index (χ1) is 9.11. The lowest BCUT2D eigenvalue weighted by atomic mass is 10.1. The van der Waals surface area contributed by atoms with Crippen LogP contribution >= 0.6 is 0 Å². The maximum absolute atomic E-state index is 9.89. The molecule has 1 aliphatic heterocycles. The quantitative estimate of drug-likeness (QED) is 0.423. The van der Waals surface area contributed by atoms with Crippen molar-refractivity contribution >= 4 is 17.0 Å². The van der Waals surface area contributed by atoms with Crippen molar-refractivity contribution < 1.29 is 20.1 Å². The van der Waals surface area contributed by atoms with Gasteiger partial charge in [0.25, 0.3) is 0 Å². The molecule has 1 saturated heterocycles. The van der Waals surface area contributed by atoms with E-state index in [1.807, 2.05) is 0 Å². The van der Waals surface area contributed by atoms with Gasteiger partial charge in [-0.25, -0.2) is 15.0 Å². The van der Waals surface area contributed by atoms with Gasteiger partial charge in [-0.05, 0) is 0 Å². The molecule has 0 radical (unpaired) electrons. The summed E-state index contributed by atoms with van der Waals surface area (Å²) in [6, 6.07) is 0. The summed E-state index contributed by atoms with van der Waals surface area (Å²) >= 11 is 0. The van der Waals surface area contributed by atoms with Crippen LogP contribution < -0.4 is 5.73 Å². The van der Waals surface area contributed by atoms with Crippen molar-refractivity contribution in [2.75, 3.05) is 12.3 Å². The third-order valence-electron chi connectivity index (χ3n) is 3.15. The number of imidazole rings is 1. The van der Waals surface area contributed by atoms with Gasteiger partial charge in [-0.3, -0.25) is 0 Å². The minimum absolute atomic E-state index is 0.232. The van der Waals surface area contributed by atoms with Gasteiger partial charge in [-0.15, -0.1) is 0 Å². The highest BCUT2D eigenvalue weighted by Gasteiger charge is 2.44. The van der Waals surface area contributed by atoms with Crippen LogP contribution in [0, 0.1) is 0 Å².